The smallest absolute Gasteiger partial charge is 0.369 e. The van der Waals surface area contributed by atoms with Crippen LogP contribution in [0, 0.1) is 0 Å². The molecule has 354 valence electrons. The lowest BCUT2D eigenvalue weighted by Crippen LogP contribution is -2.23. The fourth-order valence-electron chi connectivity index (χ4n) is 8.32. The van der Waals surface area contributed by atoms with Crippen molar-refractivity contribution in [3.8, 4) is 45.9 Å². The maximum atomic E-state index is 9.95. The van der Waals surface area contributed by atoms with Crippen LogP contribution in [-0.2, 0) is 0 Å². The fraction of sp³-hybridized carbons (Fsp3) is 0.292. The number of imidazole rings is 2. The number of hydrogen-bond donors (Lipinski definition) is 3. The van der Waals surface area contributed by atoms with Crippen molar-refractivity contribution in [1.29, 1.82) is 0 Å². The molecule has 8 aromatic rings. The molecule has 0 spiro atoms. The minimum absolute atomic E-state index is 0. The highest BCUT2D eigenvalue weighted by molar-refractivity contribution is 9.69. The molecule has 4 heterocycles. The SMILES string of the molecule is BrB(Br)Br.C.COc1ccc2c(c1)nc(-c1ccc(Cl)c(Cl)c1)n2-c1ccnc(NC2CCCCC2)n1.Oc1ccc2c(c1)nc(-c1ccc(Cl)c(Cl)c1)n2-c1ccnc(NC2CCCCC2)n1. The summed E-state index contributed by atoms with van der Waals surface area (Å²) in [5.74, 6) is 4.91. The number of fused-ring (bicyclic) bond motifs is 2. The van der Waals surface area contributed by atoms with Gasteiger partial charge >= 0.3 is 3.18 Å². The first-order valence-electron chi connectivity index (χ1n) is 21.7. The Morgan fingerprint density at radius 2 is 1.01 bits per heavy atom. The molecule has 0 saturated heterocycles. The third-order valence-electron chi connectivity index (χ3n) is 11.5. The van der Waals surface area contributed by atoms with Crippen molar-refractivity contribution in [3.63, 3.8) is 0 Å². The zero-order valence-electron chi connectivity index (χ0n) is 36.1. The number of halogens is 7. The molecule has 10 rings (SSSR count). The fourth-order valence-corrected chi connectivity index (χ4v) is 8.92. The highest BCUT2D eigenvalue weighted by Crippen LogP contribution is 2.36. The van der Waals surface area contributed by atoms with Crippen LogP contribution in [-0.4, -0.2) is 66.5 Å². The second-order valence-corrected chi connectivity index (χ2v) is 24.1. The summed E-state index contributed by atoms with van der Waals surface area (Å²) in [6.07, 6.45) is 15.6. The van der Waals surface area contributed by atoms with Crippen LogP contribution in [0.4, 0.5) is 11.9 Å². The zero-order chi connectivity index (χ0) is 47.0. The number of hydrogen-bond acceptors (Lipinski definition) is 10. The molecule has 3 N–H and O–H groups in total. The van der Waals surface area contributed by atoms with Crippen molar-refractivity contribution in [1.82, 2.24) is 39.0 Å². The van der Waals surface area contributed by atoms with Crippen LogP contribution < -0.4 is 15.4 Å². The number of aromatic hydroxyl groups is 1. The first-order chi connectivity index (χ1) is 32.4. The maximum Gasteiger partial charge on any atom is 0.369 e. The van der Waals surface area contributed by atoms with E-state index in [0.29, 0.717) is 67.1 Å². The number of rotatable bonds is 9. The van der Waals surface area contributed by atoms with Crippen LogP contribution in [0.5, 0.6) is 11.5 Å². The largest absolute Gasteiger partial charge is 0.508 e. The number of ether oxygens (including phenoxy) is 1. The summed E-state index contributed by atoms with van der Waals surface area (Å²) in [6.45, 7) is 0. The summed E-state index contributed by atoms with van der Waals surface area (Å²) in [6, 6.07) is 26.4. The van der Waals surface area contributed by atoms with Crippen LogP contribution in [0.1, 0.15) is 71.6 Å². The first kappa shape index (κ1) is 51.7. The van der Waals surface area contributed by atoms with Gasteiger partial charge in [-0.15, -0.1) is 47.3 Å². The number of phenolic OH excluding ortho intramolecular Hbond substituents is 1. The molecule has 0 aliphatic heterocycles. The van der Waals surface area contributed by atoms with Crippen LogP contribution in [0.2, 0.25) is 20.1 Å². The molecule has 0 unspecified atom stereocenters. The molecule has 2 aliphatic rings. The number of nitrogens with zero attached hydrogens (tertiary/aromatic N) is 8. The number of anilines is 2. The summed E-state index contributed by atoms with van der Waals surface area (Å²) in [7, 11) is 1.64. The number of phenols is 1. The number of aromatic nitrogens is 8. The molecular formula is C48H48BBr3Cl4N10O2. The van der Waals surface area contributed by atoms with E-state index in [1.54, 1.807) is 49.8 Å². The standard InChI is InChI=1S/C24H23Cl2N5O.C23H21Cl2N5O.CH4.BBr3/c1-32-17-8-10-21-20(14-17)29-23(15-7-9-18(25)19(26)13-15)31(21)22-11-12-27-24(30-22)28-16-5-3-2-4-6-16;24-17-8-6-14(12-18(17)25)22-28-19-13-16(31)7-9-20(19)30(22)21-10-11-26-23(29-21)27-15-4-2-1-3-5-15;;2-1(3)4/h7-14,16H,2-6H2,1H3,(H,27,28,30);6-13,15,31H,1-5H2,(H,26,27,29);1H4;. The Kier molecular flexibility index (Phi) is 18.3. The molecule has 0 radical (unpaired) electrons. The van der Waals surface area contributed by atoms with E-state index in [-0.39, 0.29) is 16.4 Å². The lowest BCUT2D eigenvalue weighted by molar-refractivity contribution is 0.415. The monoisotopic (exact) mass is 1180 g/mol. The number of benzene rings is 4. The van der Waals surface area contributed by atoms with Crippen molar-refractivity contribution < 1.29 is 9.84 Å². The van der Waals surface area contributed by atoms with Gasteiger partial charge in [-0.1, -0.05) is 92.4 Å². The van der Waals surface area contributed by atoms with Crippen molar-refractivity contribution in [2.24, 2.45) is 0 Å². The van der Waals surface area contributed by atoms with Crippen LogP contribution in [0.15, 0.2) is 97.3 Å². The summed E-state index contributed by atoms with van der Waals surface area (Å²) in [5, 5.41) is 18.8. The molecule has 2 fully saturated rings. The van der Waals surface area contributed by atoms with E-state index in [9.17, 15) is 5.11 Å². The molecule has 68 heavy (non-hydrogen) atoms. The molecule has 4 aromatic heterocycles. The third kappa shape index (κ3) is 12.8. The predicted molar refractivity (Wildman–Crippen MR) is 293 cm³/mol. The molecular weight excluding hydrogens is 1140 g/mol. The van der Waals surface area contributed by atoms with E-state index in [2.05, 4.69) is 67.9 Å². The number of nitrogens with one attached hydrogen (secondary N) is 2. The summed E-state index contributed by atoms with van der Waals surface area (Å²) < 4.78 is 9.63. The molecule has 2 aliphatic carbocycles. The number of methoxy groups -OCH3 is 1. The summed E-state index contributed by atoms with van der Waals surface area (Å²) in [5.41, 5.74) is 4.82. The van der Waals surface area contributed by atoms with Gasteiger partial charge in [0.05, 0.1) is 49.3 Å². The minimum Gasteiger partial charge on any atom is -0.508 e. The van der Waals surface area contributed by atoms with Crippen LogP contribution >= 0.6 is 93.7 Å². The zero-order valence-corrected chi connectivity index (χ0v) is 43.9. The third-order valence-corrected chi connectivity index (χ3v) is 13.0. The van der Waals surface area contributed by atoms with E-state index in [1.165, 1.54) is 38.5 Å². The van der Waals surface area contributed by atoms with Crippen molar-refractivity contribution in [2.45, 2.75) is 83.7 Å². The second-order valence-electron chi connectivity index (χ2n) is 16.0. The Labute approximate surface area is 441 Å². The van der Waals surface area contributed by atoms with Crippen LogP contribution in [0.25, 0.3) is 56.5 Å². The van der Waals surface area contributed by atoms with Gasteiger partial charge in [0, 0.05) is 47.7 Å². The van der Waals surface area contributed by atoms with Gasteiger partial charge in [-0.2, -0.15) is 9.97 Å². The Hall–Kier alpha value is -4.16. The Morgan fingerprint density at radius 3 is 1.46 bits per heavy atom. The average Bonchev–Trinajstić information content (AvgIpc) is 3.90. The van der Waals surface area contributed by atoms with Crippen molar-refractivity contribution in [3.05, 3.63) is 117 Å². The van der Waals surface area contributed by atoms with Gasteiger partial charge in [0.1, 0.15) is 34.8 Å². The van der Waals surface area contributed by atoms with Crippen molar-refractivity contribution >= 4 is 131 Å². The predicted octanol–water partition coefficient (Wildman–Crippen LogP) is 15.6. The first-order valence-corrected chi connectivity index (χ1v) is 26.0. The highest BCUT2D eigenvalue weighted by atomic mass is 79.9. The molecule has 0 atom stereocenters. The van der Waals surface area contributed by atoms with Gasteiger partial charge < -0.3 is 20.5 Å². The summed E-state index contributed by atoms with van der Waals surface area (Å²) in [4.78, 5) is 28.2. The molecule has 20 heteroatoms. The Morgan fingerprint density at radius 1 is 0.574 bits per heavy atom. The van der Waals surface area contributed by atoms with Crippen molar-refractivity contribution in [2.75, 3.05) is 17.7 Å². The Bertz CT molecular complexity index is 2980. The molecule has 0 amide bonds. The molecule has 12 nitrogen and oxygen atoms in total. The van der Waals surface area contributed by atoms with Gasteiger partial charge in [-0.05, 0) is 98.5 Å². The van der Waals surface area contributed by atoms with Gasteiger partial charge in [-0.3, -0.25) is 9.13 Å². The van der Waals surface area contributed by atoms with Crippen LogP contribution in [0.3, 0.4) is 0 Å². The maximum absolute atomic E-state index is 9.95. The van der Waals surface area contributed by atoms with Gasteiger partial charge in [0.15, 0.2) is 0 Å². The van der Waals surface area contributed by atoms with Gasteiger partial charge in [-0.25, -0.2) is 19.9 Å². The topological polar surface area (TPSA) is 141 Å². The Balaban J connectivity index is 0.000000184. The van der Waals surface area contributed by atoms with Gasteiger partial charge in [0.25, 0.3) is 0 Å². The van der Waals surface area contributed by atoms with E-state index < -0.39 is 0 Å². The van der Waals surface area contributed by atoms with E-state index >= 15 is 0 Å². The van der Waals surface area contributed by atoms with E-state index in [4.69, 9.17) is 71.1 Å². The van der Waals surface area contributed by atoms with Gasteiger partial charge in [0.2, 0.25) is 11.9 Å². The minimum atomic E-state index is 0. The molecule has 4 aromatic carbocycles. The lowest BCUT2D eigenvalue weighted by Gasteiger charge is -2.22. The molecule has 2 saturated carbocycles. The normalized spacial score (nSPS) is 14.0. The quantitative estimate of drug-likeness (QED) is 0.120. The highest BCUT2D eigenvalue weighted by Gasteiger charge is 2.21. The van der Waals surface area contributed by atoms with E-state index in [1.807, 2.05) is 63.7 Å². The average molecular weight is 1190 g/mol. The lowest BCUT2D eigenvalue weighted by atomic mass is 9.96. The summed E-state index contributed by atoms with van der Waals surface area (Å²) >= 11 is 34.2. The molecule has 0 bridgehead atoms. The second kappa shape index (κ2) is 24.1. The van der Waals surface area contributed by atoms with E-state index in [0.717, 1.165) is 64.9 Å².